The Labute approximate surface area is 30.2 Å². The largest absolute Gasteiger partial charge is 0.329 e. The summed E-state index contributed by atoms with van der Waals surface area (Å²) in [5.41, 5.74) is 0. The number of hydrogen-bond donors (Lipinski definition) is 2. The molecule has 3 nitrogen and oxygen atoms in total. The molecule has 0 fully saturated rings. The summed E-state index contributed by atoms with van der Waals surface area (Å²) in [6, 6.07) is 0. The first kappa shape index (κ1) is 4.65. The van der Waals surface area contributed by atoms with Gasteiger partial charge in [-0.2, -0.15) is 0 Å². The first-order valence-electron chi connectivity index (χ1n) is 1.08. The average Bonchev–Trinajstić information content (AvgIpc) is 1.41. The molecule has 0 amide bonds. The molecule has 0 saturated carbocycles. The van der Waals surface area contributed by atoms with Gasteiger partial charge in [0.15, 0.2) is 0 Å². The van der Waals surface area contributed by atoms with Gasteiger partial charge in [-0.3, -0.25) is 0 Å². The van der Waals surface area contributed by atoms with Crippen LogP contribution >= 0.6 is 0 Å². The molecule has 1 radical (unpaired) electrons. The van der Waals surface area contributed by atoms with Crippen LogP contribution in [-0.4, -0.2) is 18.8 Å². The van der Waals surface area contributed by atoms with Crippen molar-refractivity contribution < 1.29 is 10.0 Å². The quantitative estimate of drug-likeness (QED) is 0.244. The van der Waals surface area contributed by atoms with E-state index in [1.54, 1.807) is 0 Å². The third-order valence-corrected chi connectivity index (χ3v) is 0.143. The van der Waals surface area contributed by atoms with Crippen molar-refractivity contribution in [2.45, 2.75) is 0 Å². The van der Waals surface area contributed by atoms with Gasteiger partial charge in [0, 0.05) is 0 Å². The lowest BCUT2D eigenvalue weighted by molar-refractivity contribution is 0.247. The van der Waals surface area contributed by atoms with Gasteiger partial charge in [0.2, 0.25) is 0 Å². The first-order chi connectivity index (χ1) is 2.41. The van der Waals surface area contributed by atoms with Crippen LogP contribution in [0.1, 0.15) is 0 Å². The van der Waals surface area contributed by atoms with Gasteiger partial charge < -0.3 is 10.0 Å². The minimum atomic E-state index is 0.444. The highest BCUT2D eigenvalue weighted by Crippen LogP contribution is 1.25. The number of nitrogens with one attached hydrogen (secondary N) is 1. The summed E-state index contributed by atoms with van der Waals surface area (Å²) in [5, 5.41) is 9.05. The fourth-order valence-electron chi connectivity index (χ4n) is 0.0304. The maximum absolute atomic E-state index is 9.13. The maximum Gasteiger partial charge on any atom is 0.321 e. The Morgan fingerprint density at radius 1 is 2.00 bits per heavy atom. The predicted octanol–water partition coefficient (Wildman–Crippen LogP) is -1.23. The average molecular weight is 71.9 g/mol. The van der Waals surface area contributed by atoms with E-state index in [2.05, 4.69) is 0 Å². The molecule has 4 heteroatoms. The maximum atomic E-state index is 9.13. The third kappa shape index (κ3) is 3.65. The minimum Gasteiger partial charge on any atom is -0.329 e. The van der Waals surface area contributed by atoms with Crippen LogP contribution in [0.2, 0.25) is 0 Å². The van der Waals surface area contributed by atoms with E-state index < -0.39 is 0 Å². The van der Waals surface area contributed by atoms with E-state index in [9.17, 15) is 0 Å². The molecule has 2 N–H and O–H groups in total. The smallest absolute Gasteiger partial charge is 0.321 e. The Balaban J connectivity index is 2.40. The Hall–Kier alpha value is -0.345. The molecule has 0 aliphatic rings. The first-order valence-corrected chi connectivity index (χ1v) is 1.08. The highest BCUT2D eigenvalue weighted by Gasteiger charge is 1.72. The van der Waals surface area contributed by atoms with Gasteiger partial charge >= 0.3 is 7.41 Å². The molecule has 0 spiro atoms. The summed E-state index contributed by atoms with van der Waals surface area (Å²) < 4.78 is 0. The Morgan fingerprint density at radius 3 is 2.60 bits per heavy atom. The van der Waals surface area contributed by atoms with Crippen LogP contribution in [0, 0.1) is 0 Å². The standard InChI is InChI=1S/CH3BNO2/c4-1-2-3-5/h1,3,5H. The molecular formula is CH3BNO2. The van der Waals surface area contributed by atoms with Crippen LogP contribution in [0.4, 0.5) is 0 Å². The molecule has 0 aliphatic carbocycles. The second kappa shape index (κ2) is 3.65. The van der Waals surface area contributed by atoms with E-state index in [0.717, 1.165) is 7.41 Å². The molecule has 0 aromatic heterocycles. The van der Waals surface area contributed by atoms with Crippen LogP contribution in [0.5, 0.6) is 0 Å². The van der Waals surface area contributed by atoms with Gasteiger partial charge in [0.25, 0.3) is 0 Å². The molecule has 0 saturated heterocycles. The molecule has 0 heterocycles. The van der Waals surface area contributed by atoms with E-state index in [0.29, 0.717) is 6.19 Å². The fourth-order valence-corrected chi connectivity index (χ4v) is 0.0304. The Morgan fingerprint density at radius 2 is 2.60 bits per heavy atom. The van der Waals surface area contributed by atoms with E-state index in [4.69, 9.17) is 10.0 Å². The molecule has 0 unspecified atom stereocenters. The number of rotatable bonds is 2. The molecule has 0 atom stereocenters. The van der Waals surface area contributed by atoms with Gasteiger partial charge in [0.1, 0.15) is 0 Å². The lowest BCUT2D eigenvalue weighted by Gasteiger charge is -1.71. The van der Waals surface area contributed by atoms with Gasteiger partial charge in [-0.25, -0.2) is 5.39 Å². The zero-order chi connectivity index (χ0) is 4.12. The zero-order valence-electron chi connectivity index (χ0n) is 2.51. The molecule has 0 rings (SSSR count). The van der Waals surface area contributed by atoms with Crippen LogP contribution in [0.3, 0.4) is 0 Å². The molecule has 5 heavy (non-hydrogen) atoms. The summed E-state index contributed by atoms with van der Waals surface area (Å²) in [6.07, 6.45) is 0.444. The fraction of sp³-hybridized carbons (Fsp3) is 0. The van der Waals surface area contributed by atoms with Gasteiger partial charge in [0.05, 0.1) is 6.19 Å². The van der Waals surface area contributed by atoms with Crippen molar-refractivity contribution in [3.8, 4) is 0 Å². The van der Waals surface area contributed by atoms with Crippen molar-refractivity contribution >= 4 is 13.6 Å². The SMILES string of the molecule is O=C[B]NO. The number of carbonyl (C=O) groups is 1. The summed E-state index contributed by atoms with van der Waals surface area (Å²) >= 11 is 0. The van der Waals surface area contributed by atoms with Crippen molar-refractivity contribution in [2.24, 2.45) is 0 Å². The summed E-state index contributed by atoms with van der Waals surface area (Å²) in [6.45, 7) is 0. The molecule has 0 aromatic rings. The molecule has 0 aromatic carbocycles. The van der Waals surface area contributed by atoms with E-state index in [-0.39, 0.29) is 0 Å². The molecular weight excluding hydrogens is 68.8 g/mol. The monoisotopic (exact) mass is 72.0 g/mol. The van der Waals surface area contributed by atoms with Crippen molar-refractivity contribution in [2.75, 3.05) is 0 Å². The Kier molecular flexibility index (Phi) is 3.40. The zero-order valence-corrected chi connectivity index (χ0v) is 2.51. The number of carbonyl (C=O) groups excluding carboxylic acids is 1. The van der Waals surface area contributed by atoms with Crippen molar-refractivity contribution in [1.82, 2.24) is 5.39 Å². The second-order valence-electron chi connectivity index (χ2n) is 0.432. The summed E-state index contributed by atoms with van der Waals surface area (Å²) in [4.78, 5) is 9.13. The second-order valence-corrected chi connectivity index (χ2v) is 0.432. The van der Waals surface area contributed by atoms with Crippen LogP contribution in [0.25, 0.3) is 0 Å². The predicted molar refractivity (Wildman–Crippen MR) is 17.4 cm³/mol. The van der Waals surface area contributed by atoms with Gasteiger partial charge in [-0.15, -0.1) is 0 Å². The van der Waals surface area contributed by atoms with Gasteiger partial charge in [-0.05, 0) is 0 Å². The molecule has 27 valence electrons. The molecule has 0 bridgehead atoms. The third-order valence-electron chi connectivity index (χ3n) is 0.143. The van der Waals surface area contributed by atoms with E-state index in [1.807, 2.05) is 0 Å². The topological polar surface area (TPSA) is 49.3 Å². The number of hydrogen-bond acceptors (Lipinski definition) is 3. The van der Waals surface area contributed by atoms with E-state index in [1.165, 1.54) is 5.39 Å². The van der Waals surface area contributed by atoms with Crippen molar-refractivity contribution in [3.63, 3.8) is 0 Å². The van der Waals surface area contributed by atoms with Crippen molar-refractivity contribution in [3.05, 3.63) is 0 Å². The molecule has 0 aliphatic heterocycles. The van der Waals surface area contributed by atoms with Crippen LogP contribution in [-0.2, 0) is 4.79 Å². The highest BCUT2D eigenvalue weighted by molar-refractivity contribution is 6.64. The Bertz CT molecular complexity index is 30.8. The lowest BCUT2D eigenvalue weighted by Crippen LogP contribution is -2.13. The van der Waals surface area contributed by atoms with E-state index >= 15 is 0 Å². The summed E-state index contributed by atoms with van der Waals surface area (Å²) in [7, 11) is 0.875. The lowest BCUT2D eigenvalue weighted by atomic mass is 10.0. The summed E-state index contributed by atoms with van der Waals surface area (Å²) in [5.74, 6) is 0. The normalized spacial score (nSPS) is 6.60. The van der Waals surface area contributed by atoms with Crippen LogP contribution < -0.4 is 5.39 Å². The van der Waals surface area contributed by atoms with Crippen LogP contribution in [0.15, 0.2) is 0 Å². The minimum absolute atomic E-state index is 0.444. The highest BCUT2D eigenvalue weighted by atomic mass is 16.4. The van der Waals surface area contributed by atoms with Crippen molar-refractivity contribution in [1.29, 1.82) is 0 Å². The van der Waals surface area contributed by atoms with Gasteiger partial charge in [-0.1, -0.05) is 0 Å².